The van der Waals surface area contributed by atoms with Crippen molar-refractivity contribution >= 4 is 27.5 Å². The number of hydrogen-bond acceptors (Lipinski definition) is 2. The van der Waals surface area contributed by atoms with Gasteiger partial charge in [0.25, 0.3) is 5.91 Å². The van der Waals surface area contributed by atoms with Gasteiger partial charge >= 0.3 is 0 Å². The van der Waals surface area contributed by atoms with E-state index in [0.29, 0.717) is 6.07 Å². The van der Waals surface area contributed by atoms with E-state index in [2.05, 4.69) is 26.2 Å². The second-order valence-electron chi connectivity index (χ2n) is 3.62. The van der Waals surface area contributed by atoms with Crippen LogP contribution in [-0.2, 0) is 0 Å². The fourth-order valence-corrected chi connectivity index (χ4v) is 1.74. The first-order chi connectivity index (χ1) is 8.99. The van der Waals surface area contributed by atoms with Crippen molar-refractivity contribution < 1.29 is 13.6 Å². The Bertz CT molecular complexity index is 700. The Balaban J connectivity index is 2.32. The van der Waals surface area contributed by atoms with Gasteiger partial charge in [-0.05, 0) is 22.0 Å². The van der Waals surface area contributed by atoms with Gasteiger partial charge in [-0.2, -0.15) is 0 Å². The van der Waals surface area contributed by atoms with Crippen LogP contribution in [0.1, 0.15) is 10.4 Å². The number of carbonyl (C=O) groups excluding carboxylic acids is 1. The van der Waals surface area contributed by atoms with Crippen molar-refractivity contribution in [3.8, 4) is 0 Å². The highest BCUT2D eigenvalue weighted by Crippen LogP contribution is 2.23. The van der Waals surface area contributed by atoms with Crippen LogP contribution in [0.2, 0.25) is 0 Å². The molecule has 0 spiro atoms. The number of benzene rings is 1. The number of aromatic nitrogens is 1. The van der Waals surface area contributed by atoms with E-state index in [-0.39, 0.29) is 15.7 Å². The van der Waals surface area contributed by atoms with Crippen LogP contribution in [0.3, 0.4) is 0 Å². The summed E-state index contributed by atoms with van der Waals surface area (Å²) in [6.45, 7) is 0. The summed E-state index contributed by atoms with van der Waals surface area (Å²) in [4.78, 5) is 25.8. The zero-order valence-corrected chi connectivity index (χ0v) is 10.9. The molecule has 0 aliphatic heterocycles. The zero-order valence-electron chi connectivity index (χ0n) is 9.34. The molecule has 0 atom stereocenters. The predicted molar refractivity (Wildman–Crippen MR) is 69.1 cm³/mol. The van der Waals surface area contributed by atoms with Crippen LogP contribution in [0, 0.1) is 11.6 Å². The van der Waals surface area contributed by atoms with Gasteiger partial charge in [0.15, 0.2) is 5.43 Å². The van der Waals surface area contributed by atoms with Gasteiger partial charge in [-0.15, -0.1) is 0 Å². The molecule has 7 heteroatoms. The number of pyridine rings is 1. The molecule has 0 aliphatic carbocycles. The average Bonchev–Trinajstić information content (AvgIpc) is 2.36. The van der Waals surface area contributed by atoms with Crippen molar-refractivity contribution in [1.82, 2.24) is 4.98 Å². The molecule has 0 bridgehead atoms. The summed E-state index contributed by atoms with van der Waals surface area (Å²) in [6.07, 6.45) is 2.57. The highest BCUT2D eigenvalue weighted by atomic mass is 79.9. The van der Waals surface area contributed by atoms with E-state index in [9.17, 15) is 18.4 Å². The van der Waals surface area contributed by atoms with Crippen LogP contribution in [-0.4, -0.2) is 10.9 Å². The van der Waals surface area contributed by atoms with Gasteiger partial charge in [0.1, 0.15) is 17.2 Å². The molecule has 0 saturated carbocycles. The number of nitrogens with one attached hydrogen (secondary N) is 2. The molecule has 1 aromatic carbocycles. The molecule has 4 nitrogen and oxygen atoms in total. The molecule has 2 rings (SSSR count). The minimum Gasteiger partial charge on any atom is -0.367 e. The zero-order chi connectivity index (χ0) is 14.0. The van der Waals surface area contributed by atoms with Gasteiger partial charge in [0.2, 0.25) is 0 Å². The Kier molecular flexibility index (Phi) is 3.75. The van der Waals surface area contributed by atoms with Gasteiger partial charge in [-0.25, -0.2) is 8.78 Å². The molecular formula is C12H7BrF2N2O2. The molecule has 0 saturated heterocycles. The summed E-state index contributed by atoms with van der Waals surface area (Å²) in [7, 11) is 0. The number of amides is 1. The minimum absolute atomic E-state index is 0.00571. The SMILES string of the molecule is O=C(Nc1cc(Br)c(F)cc1F)c1c[nH]ccc1=O. The lowest BCUT2D eigenvalue weighted by molar-refractivity contribution is 0.102. The van der Waals surface area contributed by atoms with Crippen LogP contribution < -0.4 is 10.7 Å². The van der Waals surface area contributed by atoms with E-state index in [1.165, 1.54) is 18.5 Å². The van der Waals surface area contributed by atoms with Gasteiger partial charge in [-0.3, -0.25) is 9.59 Å². The Morgan fingerprint density at radius 3 is 2.68 bits per heavy atom. The second kappa shape index (κ2) is 5.31. The van der Waals surface area contributed by atoms with Crippen LogP contribution in [0.5, 0.6) is 0 Å². The lowest BCUT2D eigenvalue weighted by Gasteiger charge is -2.07. The smallest absolute Gasteiger partial charge is 0.261 e. The number of hydrogen-bond donors (Lipinski definition) is 2. The normalized spacial score (nSPS) is 10.3. The van der Waals surface area contributed by atoms with Crippen LogP contribution in [0.4, 0.5) is 14.5 Å². The van der Waals surface area contributed by atoms with Crippen molar-refractivity contribution in [3.63, 3.8) is 0 Å². The molecule has 2 aromatic rings. The van der Waals surface area contributed by atoms with E-state index in [1.807, 2.05) is 0 Å². The third-order valence-corrected chi connectivity index (χ3v) is 2.93. The van der Waals surface area contributed by atoms with E-state index in [0.717, 1.165) is 6.07 Å². The number of anilines is 1. The second-order valence-corrected chi connectivity index (χ2v) is 4.48. The quantitative estimate of drug-likeness (QED) is 0.832. The molecule has 1 aromatic heterocycles. The van der Waals surface area contributed by atoms with E-state index < -0.39 is 23.0 Å². The molecule has 1 amide bonds. The largest absolute Gasteiger partial charge is 0.367 e. The molecule has 2 N–H and O–H groups in total. The monoisotopic (exact) mass is 328 g/mol. The minimum atomic E-state index is -0.929. The molecular weight excluding hydrogens is 322 g/mol. The van der Waals surface area contributed by atoms with Crippen molar-refractivity contribution in [1.29, 1.82) is 0 Å². The van der Waals surface area contributed by atoms with Gasteiger partial charge in [0.05, 0.1) is 10.2 Å². The standard InChI is InChI=1S/C12H7BrF2N2O2/c13-7-3-10(9(15)4-8(7)14)17-12(19)6-5-16-2-1-11(6)18/h1-5H,(H,16,18)(H,17,19). The maximum Gasteiger partial charge on any atom is 0.261 e. The number of H-pyrrole nitrogens is 1. The summed E-state index contributed by atoms with van der Waals surface area (Å²) < 4.78 is 26.5. The first-order valence-corrected chi connectivity index (χ1v) is 5.91. The van der Waals surface area contributed by atoms with Crippen molar-refractivity contribution in [2.75, 3.05) is 5.32 Å². The highest BCUT2D eigenvalue weighted by Gasteiger charge is 2.14. The summed E-state index contributed by atoms with van der Waals surface area (Å²) in [5, 5.41) is 2.20. The summed E-state index contributed by atoms with van der Waals surface area (Å²) >= 11 is 2.88. The van der Waals surface area contributed by atoms with Gasteiger partial charge < -0.3 is 10.3 Å². The van der Waals surface area contributed by atoms with E-state index in [4.69, 9.17) is 0 Å². The third-order valence-electron chi connectivity index (χ3n) is 2.33. The molecule has 0 unspecified atom stereocenters. The number of rotatable bonds is 2. The Morgan fingerprint density at radius 1 is 1.26 bits per heavy atom. The number of halogens is 3. The fourth-order valence-electron chi connectivity index (χ4n) is 1.40. The van der Waals surface area contributed by atoms with E-state index >= 15 is 0 Å². The summed E-state index contributed by atoms with van der Waals surface area (Å²) in [6, 6.07) is 2.89. The molecule has 1 heterocycles. The predicted octanol–water partition coefficient (Wildman–Crippen LogP) is 2.67. The van der Waals surface area contributed by atoms with Crippen LogP contribution in [0.15, 0.2) is 39.9 Å². The molecule has 98 valence electrons. The Hall–Kier alpha value is -2.02. The van der Waals surface area contributed by atoms with Crippen LogP contribution >= 0.6 is 15.9 Å². The average molecular weight is 329 g/mol. The van der Waals surface area contributed by atoms with Gasteiger partial charge in [-0.1, -0.05) is 0 Å². The number of aromatic amines is 1. The molecule has 19 heavy (non-hydrogen) atoms. The molecule has 0 aliphatic rings. The third kappa shape index (κ3) is 2.87. The maximum absolute atomic E-state index is 13.4. The lowest BCUT2D eigenvalue weighted by atomic mass is 10.2. The van der Waals surface area contributed by atoms with Gasteiger partial charge in [0, 0.05) is 24.5 Å². The maximum atomic E-state index is 13.4. The topological polar surface area (TPSA) is 62.0 Å². The Morgan fingerprint density at radius 2 is 2.00 bits per heavy atom. The van der Waals surface area contributed by atoms with Crippen LogP contribution in [0.25, 0.3) is 0 Å². The molecule has 0 radical (unpaired) electrons. The Labute approximate surface area is 114 Å². The van der Waals surface area contributed by atoms with Crippen molar-refractivity contribution in [3.05, 3.63) is 62.5 Å². The highest BCUT2D eigenvalue weighted by molar-refractivity contribution is 9.10. The first kappa shape index (κ1) is 13.4. The molecule has 0 fully saturated rings. The van der Waals surface area contributed by atoms with Crippen molar-refractivity contribution in [2.24, 2.45) is 0 Å². The number of carbonyl (C=O) groups is 1. The first-order valence-electron chi connectivity index (χ1n) is 5.12. The lowest BCUT2D eigenvalue weighted by Crippen LogP contribution is -2.21. The van der Waals surface area contributed by atoms with Crippen molar-refractivity contribution in [2.45, 2.75) is 0 Å². The van der Waals surface area contributed by atoms with E-state index in [1.54, 1.807) is 0 Å². The summed E-state index contributed by atoms with van der Waals surface area (Å²) in [5.41, 5.74) is -0.887. The summed E-state index contributed by atoms with van der Waals surface area (Å²) in [5.74, 6) is -2.49. The fraction of sp³-hybridized carbons (Fsp3) is 0.